The molecular weight excluding hydrogens is 279 g/mol. The van der Waals surface area contributed by atoms with Gasteiger partial charge in [0.25, 0.3) is 0 Å². The summed E-state index contributed by atoms with van der Waals surface area (Å²) in [6.07, 6.45) is 4.29. The van der Waals surface area contributed by atoms with Crippen LogP contribution in [0.4, 0.5) is 0 Å². The second kappa shape index (κ2) is 5.16. The normalized spacial score (nSPS) is 9.69. The Morgan fingerprint density at radius 1 is 1.54 bits per heavy atom. The molecule has 0 saturated carbocycles. The predicted molar refractivity (Wildman–Crippen MR) is 59.7 cm³/mol. The van der Waals surface area contributed by atoms with Crippen molar-refractivity contribution in [2.24, 2.45) is 0 Å². The van der Waals surface area contributed by atoms with Crippen LogP contribution in [0.15, 0.2) is 24.5 Å². The van der Waals surface area contributed by atoms with Crippen molar-refractivity contribution in [3.63, 3.8) is 0 Å². The first-order valence-electron chi connectivity index (χ1n) is 3.93. The summed E-state index contributed by atoms with van der Waals surface area (Å²) in [6.45, 7) is 6.34. The first kappa shape index (κ1) is 10.4. The van der Waals surface area contributed by atoms with Crippen LogP contribution in [-0.4, -0.2) is 16.6 Å². The van der Waals surface area contributed by atoms with E-state index < -0.39 is 0 Å². The first-order valence-corrected chi connectivity index (χ1v) is 5.01. The van der Waals surface area contributed by atoms with Gasteiger partial charge in [0.2, 0.25) is 0 Å². The number of nitrogens with zero attached hydrogens (tertiary/aromatic N) is 2. The molecule has 0 amide bonds. The quantitative estimate of drug-likeness (QED) is 0.631. The Kier molecular flexibility index (Phi) is 4.14. The van der Waals surface area contributed by atoms with E-state index in [9.17, 15) is 0 Å². The molecule has 4 heteroatoms. The Hall–Kier alpha value is -0.650. The molecule has 1 rings (SSSR count). The zero-order valence-corrected chi connectivity index (χ0v) is 9.61. The molecule has 0 atom stereocenters. The number of rotatable bonds is 4. The van der Waals surface area contributed by atoms with Gasteiger partial charge in [-0.1, -0.05) is 5.57 Å². The molecule has 13 heavy (non-hydrogen) atoms. The van der Waals surface area contributed by atoms with Crippen molar-refractivity contribution < 1.29 is 4.74 Å². The maximum Gasteiger partial charge on any atom is 0.316 e. The van der Waals surface area contributed by atoms with Crippen LogP contribution in [0, 0.1) is 3.57 Å². The summed E-state index contributed by atoms with van der Waals surface area (Å²) in [5, 5.41) is 0. The zero-order chi connectivity index (χ0) is 9.68. The van der Waals surface area contributed by atoms with Crippen LogP contribution >= 0.6 is 22.6 Å². The molecule has 0 fully saturated rings. The largest absolute Gasteiger partial charge is 0.463 e. The highest BCUT2D eigenvalue weighted by Crippen LogP contribution is 2.05. The van der Waals surface area contributed by atoms with Crippen LogP contribution in [0.25, 0.3) is 0 Å². The molecule has 0 spiro atoms. The number of hydrogen-bond acceptors (Lipinski definition) is 3. The van der Waals surface area contributed by atoms with Crippen molar-refractivity contribution in [3.8, 4) is 6.01 Å². The highest BCUT2D eigenvalue weighted by molar-refractivity contribution is 14.1. The van der Waals surface area contributed by atoms with Gasteiger partial charge in [0.1, 0.15) is 0 Å². The minimum absolute atomic E-state index is 0.432. The van der Waals surface area contributed by atoms with Crippen LogP contribution in [0.3, 0.4) is 0 Å². The number of halogens is 1. The van der Waals surface area contributed by atoms with E-state index in [0.29, 0.717) is 12.6 Å². The number of ether oxygens (including phenoxy) is 1. The lowest BCUT2D eigenvalue weighted by atomic mass is 10.3. The monoisotopic (exact) mass is 290 g/mol. The number of hydrogen-bond donors (Lipinski definition) is 0. The van der Waals surface area contributed by atoms with Gasteiger partial charge in [-0.15, -0.1) is 6.58 Å². The van der Waals surface area contributed by atoms with Crippen molar-refractivity contribution in [1.82, 2.24) is 9.97 Å². The number of aromatic nitrogens is 2. The van der Waals surface area contributed by atoms with Crippen molar-refractivity contribution in [2.45, 2.75) is 13.3 Å². The molecule has 0 unspecified atom stereocenters. The van der Waals surface area contributed by atoms with Gasteiger partial charge >= 0.3 is 6.01 Å². The third-order valence-corrected chi connectivity index (χ3v) is 1.91. The fraction of sp³-hybridized carbons (Fsp3) is 0.333. The second-order valence-corrected chi connectivity index (χ2v) is 3.99. The van der Waals surface area contributed by atoms with Gasteiger partial charge in [-0.3, -0.25) is 0 Å². The zero-order valence-electron chi connectivity index (χ0n) is 7.46. The molecular formula is C9H11IN2O. The van der Waals surface area contributed by atoms with Gasteiger partial charge in [-0.05, 0) is 29.5 Å². The summed E-state index contributed by atoms with van der Waals surface area (Å²) in [5.41, 5.74) is 1.10. The van der Waals surface area contributed by atoms with Gasteiger partial charge in [0, 0.05) is 22.4 Å². The van der Waals surface area contributed by atoms with Crippen molar-refractivity contribution in [3.05, 3.63) is 28.1 Å². The molecule has 3 nitrogen and oxygen atoms in total. The fourth-order valence-electron chi connectivity index (χ4n) is 0.692. The molecule has 0 radical (unpaired) electrons. The minimum Gasteiger partial charge on any atom is -0.463 e. The average molecular weight is 290 g/mol. The van der Waals surface area contributed by atoms with E-state index in [0.717, 1.165) is 15.6 Å². The van der Waals surface area contributed by atoms with Gasteiger partial charge in [-0.25, -0.2) is 9.97 Å². The minimum atomic E-state index is 0.432. The topological polar surface area (TPSA) is 35.0 Å². The Balaban J connectivity index is 2.37. The van der Waals surface area contributed by atoms with Gasteiger partial charge < -0.3 is 4.74 Å². The highest BCUT2D eigenvalue weighted by atomic mass is 127. The van der Waals surface area contributed by atoms with Crippen LogP contribution in [0.5, 0.6) is 6.01 Å². The second-order valence-electron chi connectivity index (χ2n) is 2.74. The molecule has 1 aromatic rings. The highest BCUT2D eigenvalue weighted by Gasteiger charge is 1.96. The summed E-state index contributed by atoms with van der Waals surface area (Å²) in [7, 11) is 0. The summed E-state index contributed by atoms with van der Waals surface area (Å²) in [6, 6.07) is 0.432. The van der Waals surface area contributed by atoms with Crippen LogP contribution < -0.4 is 4.74 Å². The maximum absolute atomic E-state index is 5.29. The Morgan fingerprint density at radius 3 is 2.69 bits per heavy atom. The smallest absolute Gasteiger partial charge is 0.316 e. The van der Waals surface area contributed by atoms with E-state index >= 15 is 0 Å². The maximum atomic E-state index is 5.29. The molecule has 0 aliphatic carbocycles. The summed E-state index contributed by atoms with van der Waals surface area (Å²) in [5.74, 6) is 0. The van der Waals surface area contributed by atoms with Crippen LogP contribution in [0.1, 0.15) is 13.3 Å². The van der Waals surface area contributed by atoms with E-state index in [1.165, 1.54) is 0 Å². The van der Waals surface area contributed by atoms with Crippen molar-refractivity contribution >= 4 is 22.6 Å². The van der Waals surface area contributed by atoms with Gasteiger partial charge in [0.05, 0.1) is 6.61 Å². The third-order valence-electron chi connectivity index (χ3n) is 1.36. The molecule has 0 N–H and O–H groups in total. The van der Waals surface area contributed by atoms with Crippen molar-refractivity contribution in [2.75, 3.05) is 6.61 Å². The molecule has 70 valence electrons. The summed E-state index contributed by atoms with van der Waals surface area (Å²) >= 11 is 2.15. The molecule has 0 bridgehead atoms. The molecule has 0 saturated heterocycles. The van der Waals surface area contributed by atoms with E-state index in [4.69, 9.17) is 4.74 Å². The van der Waals surface area contributed by atoms with Gasteiger partial charge in [-0.2, -0.15) is 0 Å². The molecule has 0 aromatic carbocycles. The van der Waals surface area contributed by atoms with Crippen LogP contribution in [0.2, 0.25) is 0 Å². The third kappa shape index (κ3) is 4.21. The fourth-order valence-corrected chi connectivity index (χ4v) is 0.970. The van der Waals surface area contributed by atoms with Gasteiger partial charge in [0.15, 0.2) is 0 Å². The lowest BCUT2D eigenvalue weighted by Gasteiger charge is -2.02. The Bertz CT molecular complexity index is 284. The van der Waals surface area contributed by atoms with E-state index in [2.05, 4.69) is 39.1 Å². The SMILES string of the molecule is C=C(C)CCOc1ncc(I)cn1. The standard InChI is InChI=1S/C9H11IN2O/c1-7(2)3-4-13-9-11-5-8(10)6-12-9/h5-6H,1,3-4H2,2H3. The molecule has 1 aromatic heterocycles. The Morgan fingerprint density at radius 2 is 2.15 bits per heavy atom. The van der Waals surface area contributed by atoms with E-state index in [1.807, 2.05) is 6.92 Å². The Labute approximate surface area is 91.4 Å². The molecule has 0 aliphatic rings. The first-order chi connectivity index (χ1) is 6.18. The summed E-state index contributed by atoms with van der Waals surface area (Å²) in [4.78, 5) is 8.01. The molecule has 1 heterocycles. The lowest BCUT2D eigenvalue weighted by molar-refractivity contribution is 0.296. The predicted octanol–water partition coefficient (Wildman–Crippen LogP) is 2.43. The average Bonchev–Trinajstić information content (AvgIpc) is 2.08. The van der Waals surface area contributed by atoms with Crippen LogP contribution in [-0.2, 0) is 0 Å². The summed E-state index contributed by atoms with van der Waals surface area (Å²) < 4.78 is 6.29. The van der Waals surface area contributed by atoms with E-state index in [-0.39, 0.29) is 0 Å². The van der Waals surface area contributed by atoms with Crippen molar-refractivity contribution in [1.29, 1.82) is 0 Å². The lowest BCUT2D eigenvalue weighted by Crippen LogP contribution is -2.01. The molecule has 0 aliphatic heterocycles. The van der Waals surface area contributed by atoms with E-state index in [1.54, 1.807) is 12.4 Å².